The highest BCUT2D eigenvalue weighted by Crippen LogP contribution is 2.24. The molecule has 0 amide bonds. The summed E-state index contributed by atoms with van der Waals surface area (Å²) < 4.78 is 17.1. The lowest BCUT2D eigenvalue weighted by atomic mass is 10.2. The van der Waals surface area contributed by atoms with Crippen molar-refractivity contribution in [1.29, 1.82) is 0 Å². The molecular weight excluding hydrogens is 486 g/mol. The largest absolute Gasteiger partial charge is 0.391 e. The molecule has 2 N–H and O–H groups in total. The van der Waals surface area contributed by atoms with E-state index >= 15 is 0 Å². The minimum absolute atomic E-state index is 0.0176. The fourth-order valence-electron chi connectivity index (χ4n) is 2.57. The highest BCUT2D eigenvalue weighted by molar-refractivity contribution is 6.35. The van der Waals surface area contributed by atoms with E-state index in [0.29, 0.717) is 25.7 Å². The molecule has 0 fully saturated rings. The average molecular weight is 508 g/mol. The number of rotatable bonds is 11. The second-order valence-electron chi connectivity index (χ2n) is 6.42. The first-order chi connectivity index (χ1) is 14.8. The predicted octanol–water partition coefficient (Wildman–Crippen LogP) is 5.12. The van der Waals surface area contributed by atoms with Gasteiger partial charge in [0.05, 0.1) is 26.4 Å². The Morgan fingerprint density at radius 3 is 2.03 bits per heavy atom. The fourth-order valence-corrected chi connectivity index (χ4v) is 3.50. The van der Waals surface area contributed by atoms with E-state index in [9.17, 15) is 10.2 Å². The lowest BCUT2D eigenvalue weighted by Crippen LogP contribution is -2.38. The van der Waals surface area contributed by atoms with Gasteiger partial charge in [-0.05, 0) is 42.3 Å². The molecule has 0 aliphatic heterocycles. The van der Waals surface area contributed by atoms with Gasteiger partial charge in [0.25, 0.3) is 0 Å². The van der Waals surface area contributed by atoms with Crippen LogP contribution in [0.3, 0.4) is 0 Å². The van der Waals surface area contributed by atoms with E-state index in [4.69, 9.17) is 60.6 Å². The van der Waals surface area contributed by atoms with E-state index in [2.05, 4.69) is 11.8 Å². The Kier molecular flexibility index (Phi) is 11.4. The SMILES string of the molecule is CC#C[C@H](OCc1ccc(Cl)cc1Cl)[C@@H](COCc1ccc(Cl)cc1Cl)OC(O)CO. The van der Waals surface area contributed by atoms with Gasteiger partial charge in [0, 0.05) is 20.1 Å². The molecule has 0 aliphatic rings. The van der Waals surface area contributed by atoms with E-state index in [-0.39, 0.29) is 19.8 Å². The highest BCUT2D eigenvalue weighted by atomic mass is 35.5. The van der Waals surface area contributed by atoms with Gasteiger partial charge in [-0.2, -0.15) is 0 Å². The first-order valence-electron chi connectivity index (χ1n) is 9.28. The number of aliphatic hydroxyl groups excluding tert-OH is 2. The van der Waals surface area contributed by atoms with Crippen LogP contribution in [-0.4, -0.2) is 41.9 Å². The summed E-state index contributed by atoms with van der Waals surface area (Å²) in [4.78, 5) is 0. The molecule has 2 aromatic rings. The van der Waals surface area contributed by atoms with Crippen LogP contribution in [0.15, 0.2) is 36.4 Å². The second-order valence-corrected chi connectivity index (χ2v) is 8.11. The van der Waals surface area contributed by atoms with Gasteiger partial charge in [-0.25, -0.2) is 0 Å². The molecule has 0 saturated carbocycles. The van der Waals surface area contributed by atoms with Gasteiger partial charge in [-0.1, -0.05) is 64.5 Å². The molecule has 1 unspecified atom stereocenters. The minimum atomic E-state index is -1.42. The third-order valence-electron chi connectivity index (χ3n) is 4.10. The maximum Gasteiger partial charge on any atom is 0.178 e. The summed E-state index contributed by atoms with van der Waals surface area (Å²) in [5.41, 5.74) is 1.45. The van der Waals surface area contributed by atoms with Crippen LogP contribution in [-0.2, 0) is 27.4 Å². The van der Waals surface area contributed by atoms with Crippen LogP contribution in [0, 0.1) is 11.8 Å². The summed E-state index contributed by atoms with van der Waals surface area (Å²) in [6, 6.07) is 10.2. The first kappa shape index (κ1) is 26.2. The van der Waals surface area contributed by atoms with Crippen molar-refractivity contribution < 1.29 is 24.4 Å². The zero-order valence-electron chi connectivity index (χ0n) is 16.7. The summed E-state index contributed by atoms with van der Waals surface area (Å²) in [6.45, 7) is 1.39. The molecule has 0 saturated heterocycles. The van der Waals surface area contributed by atoms with Crippen LogP contribution in [0.2, 0.25) is 20.1 Å². The van der Waals surface area contributed by atoms with E-state index in [0.717, 1.165) is 5.56 Å². The summed E-state index contributed by atoms with van der Waals surface area (Å²) in [5.74, 6) is 5.68. The van der Waals surface area contributed by atoms with Crippen molar-refractivity contribution >= 4 is 46.4 Å². The molecule has 31 heavy (non-hydrogen) atoms. The fraction of sp³-hybridized carbons (Fsp3) is 0.364. The zero-order valence-corrected chi connectivity index (χ0v) is 19.7. The van der Waals surface area contributed by atoms with Crippen molar-refractivity contribution in [2.75, 3.05) is 13.2 Å². The Balaban J connectivity index is 2.08. The Morgan fingerprint density at radius 1 is 0.935 bits per heavy atom. The van der Waals surface area contributed by atoms with Gasteiger partial charge in [-0.15, -0.1) is 5.92 Å². The lowest BCUT2D eigenvalue weighted by molar-refractivity contribution is -0.195. The molecule has 0 heterocycles. The molecule has 0 bridgehead atoms. The average Bonchev–Trinajstić information content (AvgIpc) is 2.72. The number of hydrogen-bond acceptors (Lipinski definition) is 5. The molecule has 0 aliphatic carbocycles. The lowest BCUT2D eigenvalue weighted by Gasteiger charge is -2.26. The zero-order chi connectivity index (χ0) is 22.8. The van der Waals surface area contributed by atoms with Crippen molar-refractivity contribution in [2.24, 2.45) is 0 Å². The molecule has 3 atom stereocenters. The molecular formula is C22H22Cl4O5. The number of hydrogen-bond donors (Lipinski definition) is 2. The topological polar surface area (TPSA) is 68.2 Å². The number of benzene rings is 2. The normalized spacial score (nSPS) is 13.9. The van der Waals surface area contributed by atoms with Crippen molar-refractivity contribution in [3.8, 4) is 11.8 Å². The van der Waals surface area contributed by atoms with Crippen LogP contribution >= 0.6 is 46.4 Å². The number of aliphatic hydroxyl groups is 2. The quantitative estimate of drug-likeness (QED) is 0.326. The molecule has 0 spiro atoms. The van der Waals surface area contributed by atoms with Crippen LogP contribution < -0.4 is 0 Å². The van der Waals surface area contributed by atoms with Gasteiger partial charge in [-0.3, -0.25) is 0 Å². The van der Waals surface area contributed by atoms with Gasteiger partial charge in [0.1, 0.15) is 12.2 Å². The summed E-state index contributed by atoms with van der Waals surface area (Å²) >= 11 is 24.2. The van der Waals surface area contributed by atoms with E-state index in [1.807, 2.05) is 0 Å². The second kappa shape index (κ2) is 13.5. The number of halogens is 4. The Morgan fingerprint density at radius 2 is 1.52 bits per heavy atom. The van der Waals surface area contributed by atoms with Crippen LogP contribution in [0.4, 0.5) is 0 Å². The number of ether oxygens (including phenoxy) is 3. The Bertz CT molecular complexity index is 913. The maximum atomic E-state index is 9.79. The summed E-state index contributed by atoms with van der Waals surface area (Å²) in [6.07, 6.45) is -2.98. The molecule has 2 aromatic carbocycles. The Labute approximate surface area is 201 Å². The van der Waals surface area contributed by atoms with Gasteiger partial charge in [0.2, 0.25) is 0 Å². The molecule has 5 nitrogen and oxygen atoms in total. The molecule has 2 rings (SSSR count). The van der Waals surface area contributed by atoms with Crippen LogP contribution in [0.1, 0.15) is 18.1 Å². The molecule has 168 valence electrons. The van der Waals surface area contributed by atoms with Crippen LogP contribution in [0.25, 0.3) is 0 Å². The molecule has 0 aromatic heterocycles. The van der Waals surface area contributed by atoms with Crippen molar-refractivity contribution in [2.45, 2.75) is 38.6 Å². The van der Waals surface area contributed by atoms with Crippen LogP contribution in [0.5, 0.6) is 0 Å². The Hall–Kier alpha value is -1.04. The molecule has 0 radical (unpaired) electrons. The first-order valence-corrected chi connectivity index (χ1v) is 10.8. The van der Waals surface area contributed by atoms with E-state index < -0.39 is 25.1 Å². The predicted molar refractivity (Wildman–Crippen MR) is 123 cm³/mol. The molecule has 9 heteroatoms. The van der Waals surface area contributed by atoms with Gasteiger partial charge < -0.3 is 24.4 Å². The standard InChI is InChI=1S/C22H22Cl4O5/c1-2-3-20(30-12-15-5-7-17(24)9-19(15)26)21(31-22(28)10-27)13-29-11-14-4-6-16(23)8-18(14)25/h4-9,20-22,27-28H,10-13H2,1H3/t20-,21+,22?/m0/s1. The smallest absolute Gasteiger partial charge is 0.178 e. The third kappa shape index (κ3) is 8.78. The maximum absolute atomic E-state index is 9.79. The van der Waals surface area contributed by atoms with Crippen molar-refractivity contribution in [1.82, 2.24) is 0 Å². The van der Waals surface area contributed by atoms with Gasteiger partial charge in [0.15, 0.2) is 6.29 Å². The van der Waals surface area contributed by atoms with Crippen molar-refractivity contribution in [3.05, 3.63) is 67.6 Å². The third-order valence-corrected chi connectivity index (χ3v) is 5.27. The van der Waals surface area contributed by atoms with Gasteiger partial charge >= 0.3 is 0 Å². The monoisotopic (exact) mass is 506 g/mol. The van der Waals surface area contributed by atoms with E-state index in [1.165, 1.54) is 0 Å². The minimum Gasteiger partial charge on any atom is -0.391 e. The summed E-state index contributed by atoms with van der Waals surface area (Å²) in [5, 5.41) is 20.9. The summed E-state index contributed by atoms with van der Waals surface area (Å²) in [7, 11) is 0. The highest BCUT2D eigenvalue weighted by Gasteiger charge is 2.25. The van der Waals surface area contributed by atoms with Crippen molar-refractivity contribution in [3.63, 3.8) is 0 Å². The van der Waals surface area contributed by atoms with E-state index in [1.54, 1.807) is 43.3 Å².